The predicted molar refractivity (Wildman–Crippen MR) is 153 cm³/mol. The van der Waals surface area contributed by atoms with E-state index in [1.165, 1.54) is 35.3 Å². The SMILES string of the molecule is COC(=O)c1c(-c2ccc(C)cc2)csc1NC(=O)c1sc2nc3c(cc2c1N)CC(C(C)(C)C)CC3. The molecule has 3 aromatic heterocycles. The van der Waals surface area contributed by atoms with Crippen molar-refractivity contribution in [2.75, 3.05) is 18.2 Å². The molecule has 0 spiro atoms. The first-order valence-corrected chi connectivity index (χ1v) is 14.1. The third-order valence-corrected chi connectivity index (χ3v) is 9.30. The molecular formula is C29H31N3O3S2. The van der Waals surface area contributed by atoms with Crippen LogP contribution in [0.5, 0.6) is 0 Å². The van der Waals surface area contributed by atoms with Gasteiger partial charge in [-0.25, -0.2) is 9.78 Å². The Hall–Kier alpha value is -3.23. The van der Waals surface area contributed by atoms with Crippen molar-refractivity contribution in [2.45, 2.75) is 47.0 Å². The lowest BCUT2D eigenvalue weighted by Gasteiger charge is -2.34. The second-order valence-electron chi connectivity index (χ2n) is 10.8. The summed E-state index contributed by atoms with van der Waals surface area (Å²) in [5.41, 5.74) is 12.6. The van der Waals surface area contributed by atoms with Crippen LogP contribution in [0.15, 0.2) is 35.7 Å². The van der Waals surface area contributed by atoms with E-state index in [0.29, 0.717) is 27.0 Å². The number of nitrogens with two attached hydrogens (primary N) is 1. The Morgan fingerprint density at radius 3 is 2.59 bits per heavy atom. The Morgan fingerprint density at radius 2 is 1.92 bits per heavy atom. The number of nitrogens with zero attached hydrogens (tertiary/aromatic N) is 1. The van der Waals surface area contributed by atoms with Gasteiger partial charge in [-0.15, -0.1) is 22.7 Å². The molecule has 192 valence electrons. The normalized spacial score (nSPS) is 15.4. The summed E-state index contributed by atoms with van der Waals surface area (Å²) >= 11 is 2.59. The fraction of sp³-hybridized carbons (Fsp3) is 0.345. The van der Waals surface area contributed by atoms with Gasteiger partial charge in [-0.05, 0) is 54.7 Å². The lowest BCUT2D eigenvalue weighted by atomic mass is 9.71. The number of aromatic nitrogens is 1. The van der Waals surface area contributed by atoms with Crippen LogP contribution in [0.3, 0.4) is 0 Å². The van der Waals surface area contributed by atoms with Crippen LogP contribution < -0.4 is 11.1 Å². The Morgan fingerprint density at radius 1 is 1.19 bits per heavy atom. The van der Waals surface area contributed by atoms with Gasteiger partial charge in [-0.2, -0.15) is 0 Å². The van der Waals surface area contributed by atoms with Gasteiger partial charge in [-0.1, -0.05) is 50.6 Å². The molecule has 0 fully saturated rings. The number of anilines is 2. The van der Waals surface area contributed by atoms with Crippen LogP contribution in [0.2, 0.25) is 0 Å². The highest BCUT2D eigenvalue weighted by molar-refractivity contribution is 7.21. The summed E-state index contributed by atoms with van der Waals surface area (Å²) in [5.74, 6) is -0.271. The number of ether oxygens (including phenoxy) is 1. The first-order valence-electron chi connectivity index (χ1n) is 12.4. The number of aryl methyl sites for hydroxylation is 2. The number of hydrogen-bond donors (Lipinski definition) is 2. The van der Waals surface area contributed by atoms with E-state index in [4.69, 9.17) is 15.5 Å². The van der Waals surface area contributed by atoms with Crippen molar-refractivity contribution in [1.82, 2.24) is 4.98 Å². The van der Waals surface area contributed by atoms with Gasteiger partial charge in [0.1, 0.15) is 20.3 Å². The third kappa shape index (κ3) is 4.76. The van der Waals surface area contributed by atoms with Crippen molar-refractivity contribution < 1.29 is 14.3 Å². The lowest BCUT2D eigenvalue weighted by molar-refractivity contribution is 0.0603. The van der Waals surface area contributed by atoms with E-state index in [9.17, 15) is 9.59 Å². The number of hydrogen-bond acceptors (Lipinski definition) is 7. The number of fused-ring (bicyclic) bond motifs is 2. The lowest BCUT2D eigenvalue weighted by Crippen LogP contribution is -2.27. The average molecular weight is 534 g/mol. The largest absolute Gasteiger partial charge is 0.465 e. The van der Waals surface area contributed by atoms with E-state index in [-0.39, 0.29) is 11.3 Å². The molecule has 1 aliphatic carbocycles. The number of amides is 1. The minimum Gasteiger partial charge on any atom is -0.465 e. The minimum absolute atomic E-state index is 0.230. The highest BCUT2D eigenvalue weighted by Gasteiger charge is 2.31. The molecule has 1 aromatic carbocycles. The zero-order valence-corrected chi connectivity index (χ0v) is 23.4. The Kier molecular flexibility index (Phi) is 6.58. The predicted octanol–water partition coefficient (Wildman–Crippen LogP) is 7.11. The van der Waals surface area contributed by atoms with Gasteiger partial charge >= 0.3 is 5.97 Å². The van der Waals surface area contributed by atoms with Gasteiger partial charge in [0, 0.05) is 22.0 Å². The second kappa shape index (κ2) is 9.58. The standard InChI is InChI=1S/C29H31N3O3S2/c1-15-6-8-16(9-7-15)20-14-36-27(22(20)28(34)35-5)32-25(33)24-23(30)19-13-17-12-18(29(2,3)4)10-11-21(17)31-26(19)37-24/h6-9,13-14,18H,10-12,30H2,1-5H3,(H,32,33). The monoisotopic (exact) mass is 533 g/mol. The van der Waals surface area contributed by atoms with Crippen molar-refractivity contribution in [2.24, 2.45) is 11.3 Å². The molecule has 37 heavy (non-hydrogen) atoms. The molecule has 3 heterocycles. The smallest absolute Gasteiger partial charge is 0.341 e. The number of methoxy groups -OCH3 is 1. The Labute approximate surface area is 224 Å². The van der Waals surface area contributed by atoms with Gasteiger partial charge in [0.2, 0.25) is 0 Å². The van der Waals surface area contributed by atoms with Crippen LogP contribution >= 0.6 is 22.7 Å². The molecule has 0 saturated heterocycles. The molecule has 1 amide bonds. The number of nitrogen functional groups attached to an aromatic ring is 1. The summed E-state index contributed by atoms with van der Waals surface area (Å²) in [4.78, 5) is 32.2. The molecule has 8 heteroatoms. The van der Waals surface area contributed by atoms with Gasteiger partial charge in [0.05, 0.1) is 12.8 Å². The van der Waals surface area contributed by atoms with Crippen LogP contribution in [0, 0.1) is 18.3 Å². The fourth-order valence-corrected chi connectivity index (χ4v) is 6.90. The average Bonchev–Trinajstić information content (AvgIpc) is 3.42. The highest BCUT2D eigenvalue weighted by Crippen LogP contribution is 2.41. The molecule has 0 bridgehead atoms. The highest BCUT2D eigenvalue weighted by atomic mass is 32.1. The van der Waals surface area contributed by atoms with Gasteiger partial charge < -0.3 is 15.8 Å². The zero-order chi connectivity index (χ0) is 26.5. The van der Waals surface area contributed by atoms with E-state index < -0.39 is 5.97 Å². The summed E-state index contributed by atoms with van der Waals surface area (Å²) in [5, 5.41) is 6.04. The van der Waals surface area contributed by atoms with Crippen molar-refractivity contribution >= 4 is 55.5 Å². The number of pyridine rings is 1. The van der Waals surface area contributed by atoms with Crippen molar-refractivity contribution in [3.63, 3.8) is 0 Å². The van der Waals surface area contributed by atoms with Crippen LogP contribution in [0.1, 0.15) is 64.0 Å². The molecule has 0 radical (unpaired) electrons. The molecule has 5 rings (SSSR count). The van der Waals surface area contributed by atoms with Gasteiger partial charge in [0.15, 0.2) is 0 Å². The fourth-order valence-electron chi connectivity index (χ4n) is 4.96. The minimum atomic E-state index is -0.501. The topological polar surface area (TPSA) is 94.3 Å². The molecule has 1 atom stereocenters. The third-order valence-electron chi connectivity index (χ3n) is 7.29. The van der Waals surface area contributed by atoms with E-state index in [2.05, 4.69) is 32.2 Å². The van der Waals surface area contributed by atoms with Crippen LogP contribution in [-0.4, -0.2) is 24.0 Å². The number of carbonyl (C=O) groups excluding carboxylic acids is 2. The molecule has 0 aliphatic heterocycles. The van der Waals surface area contributed by atoms with E-state index in [0.717, 1.165) is 51.9 Å². The molecule has 3 N–H and O–H groups in total. The number of thiophene rings is 2. The maximum atomic E-state index is 13.4. The number of esters is 1. The number of rotatable bonds is 4. The molecule has 4 aromatic rings. The van der Waals surface area contributed by atoms with E-state index >= 15 is 0 Å². The van der Waals surface area contributed by atoms with Crippen molar-refractivity contribution in [3.05, 3.63) is 63.0 Å². The van der Waals surface area contributed by atoms with Crippen LogP contribution in [0.25, 0.3) is 21.3 Å². The molecule has 1 unspecified atom stereocenters. The van der Waals surface area contributed by atoms with Crippen molar-refractivity contribution in [3.8, 4) is 11.1 Å². The van der Waals surface area contributed by atoms with Crippen LogP contribution in [0.4, 0.5) is 10.7 Å². The second-order valence-corrected chi connectivity index (χ2v) is 12.6. The Balaban J connectivity index is 1.48. The first kappa shape index (κ1) is 25.4. The van der Waals surface area contributed by atoms with Crippen molar-refractivity contribution in [1.29, 1.82) is 0 Å². The molecule has 6 nitrogen and oxygen atoms in total. The maximum Gasteiger partial charge on any atom is 0.341 e. The number of benzene rings is 1. The maximum absolute atomic E-state index is 13.4. The summed E-state index contributed by atoms with van der Waals surface area (Å²) in [6, 6.07) is 10.0. The first-order chi connectivity index (χ1) is 17.6. The number of nitrogens with one attached hydrogen (secondary N) is 1. The van der Waals surface area contributed by atoms with Gasteiger partial charge in [0.25, 0.3) is 5.91 Å². The Bertz CT molecular complexity index is 1510. The number of carbonyl (C=O) groups is 2. The van der Waals surface area contributed by atoms with E-state index in [1.54, 1.807) is 0 Å². The molecule has 1 aliphatic rings. The molecular weight excluding hydrogens is 502 g/mol. The van der Waals surface area contributed by atoms with Gasteiger partial charge in [-0.3, -0.25) is 4.79 Å². The van der Waals surface area contributed by atoms with E-state index in [1.807, 2.05) is 36.6 Å². The summed E-state index contributed by atoms with van der Waals surface area (Å²) < 4.78 is 5.05. The van der Waals surface area contributed by atoms with Crippen LogP contribution in [-0.2, 0) is 17.6 Å². The molecule has 0 saturated carbocycles. The summed E-state index contributed by atoms with van der Waals surface area (Å²) in [7, 11) is 1.34. The quantitative estimate of drug-likeness (QED) is 0.273. The summed E-state index contributed by atoms with van der Waals surface area (Å²) in [6.07, 6.45) is 3.02. The summed E-state index contributed by atoms with van der Waals surface area (Å²) in [6.45, 7) is 8.86. The zero-order valence-electron chi connectivity index (χ0n) is 21.7.